The number of carbonyl (C=O) groups is 1. The summed E-state index contributed by atoms with van der Waals surface area (Å²) in [7, 11) is 0. The van der Waals surface area contributed by atoms with E-state index in [0.29, 0.717) is 44.9 Å². The molecule has 0 saturated heterocycles. The van der Waals surface area contributed by atoms with E-state index in [1.165, 1.54) is 53.8 Å². The number of fused-ring (bicyclic) bond motifs is 4. The molecule has 7 aromatic carbocycles. The number of carbonyl (C=O) groups excluding carboxylic acids is 1. The Kier molecular flexibility index (Phi) is 20.0. The Balaban J connectivity index is 0.000000117. The standard InChI is InChI=1S/C26H26FN5O.3C18H10F2N2S/c1-16-13-18(8-9-21(16)27)25-19(5-4-11-29-25)17-10-12-32-24(14-17)20(15-30-32)26(33)31-23-7-3-2-6-22(23)28;19-14-5-1-3-13(17(14)20)18-12(4-2-8-21-18)11-6-7-15-16(9-11)23-10-22-15;19-14-5-3-12(8-15(14)20)18-13(2-1-7-21-18)11-4-6-16-17(9-11)23-10-22-16;19-13-6-12(7-14(20)9-13)18-15(2-1-5-21-18)11-3-4-16-17(8-11)23-10-22-16/h4-5,8-15,22-23H,2-3,6-7,28H2,1H3,(H,31,33);3*1-10H/t22-,23-;;;/m1.../s1. The van der Waals surface area contributed by atoms with Gasteiger partial charge in [0.15, 0.2) is 23.3 Å². The second-order valence-electron chi connectivity index (χ2n) is 23.9. The number of nitrogens with two attached hydrogens (primary N) is 1. The lowest BCUT2D eigenvalue weighted by Gasteiger charge is -2.29. The number of hydrogen-bond acceptors (Lipinski definition) is 13. The van der Waals surface area contributed by atoms with Crippen molar-refractivity contribution in [2.75, 3.05) is 0 Å². The van der Waals surface area contributed by atoms with Crippen LogP contribution in [0.3, 0.4) is 0 Å². The van der Waals surface area contributed by atoms with Crippen LogP contribution in [0.2, 0.25) is 0 Å². The smallest absolute Gasteiger partial charge is 0.255 e. The second-order valence-corrected chi connectivity index (χ2v) is 26.5. The Morgan fingerprint density at radius 2 is 0.912 bits per heavy atom. The zero-order valence-electron chi connectivity index (χ0n) is 54.0. The van der Waals surface area contributed by atoms with Crippen LogP contribution in [0.15, 0.2) is 242 Å². The zero-order chi connectivity index (χ0) is 70.4. The highest BCUT2D eigenvalue weighted by molar-refractivity contribution is 7.17. The summed E-state index contributed by atoms with van der Waals surface area (Å²) < 4.78 is 100. The van der Waals surface area contributed by atoms with E-state index in [-0.39, 0.29) is 29.4 Å². The third-order valence-corrected chi connectivity index (χ3v) is 19.7. The average molecular weight is 1420 g/mol. The van der Waals surface area contributed by atoms with E-state index in [4.69, 9.17) is 5.73 Å². The van der Waals surface area contributed by atoms with E-state index in [9.17, 15) is 35.5 Å². The predicted molar refractivity (Wildman–Crippen MR) is 391 cm³/mol. The number of aryl methyl sites for hydroxylation is 1. The van der Waals surface area contributed by atoms with Crippen molar-refractivity contribution in [3.05, 3.63) is 294 Å². The first-order chi connectivity index (χ1) is 49.7. The van der Waals surface area contributed by atoms with Crippen LogP contribution < -0.4 is 11.1 Å². The van der Waals surface area contributed by atoms with Crippen LogP contribution in [0.5, 0.6) is 0 Å². The van der Waals surface area contributed by atoms with Crippen LogP contribution in [0, 0.1) is 47.6 Å². The van der Waals surface area contributed by atoms with Gasteiger partial charge in [0.25, 0.3) is 5.91 Å². The Morgan fingerprint density at radius 1 is 0.441 bits per heavy atom. The molecule has 12 nitrogen and oxygen atoms in total. The lowest BCUT2D eigenvalue weighted by Crippen LogP contribution is -2.49. The molecule has 0 radical (unpaired) electrons. The van der Waals surface area contributed by atoms with Gasteiger partial charge in [-0.15, -0.1) is 34.0 Å². The number of benzene rings is 7. The number of hydrogen-bond donors (Lipinski definition) is 2. The number of nitrogens with zero attached hydrogens (tertiary/aromatic N) is 9. The molecule has 0 bridgehead atoms. The zero-order valence-corrected chi connectivity index (χ0v) is 56.4. The van der Waals surface area contributed by atoms with E-state index < -0.39 is 34.9 Å². The van der Waals surface area contributed by atoms with Crippen molar-refractivity contribution in [3.63, 3.8) is 0 Å². The summed E-state index contributed by atoms with van der Waals surface area (Å²) in [5, 5.41) is 7.46. The maximum absolute atomic E-state index is 14.2. The minimum absolute atomic E-state index is 0.0165. The number of pyridine rings is 5. The van der Waals surface area contributed by atoms with Gasteiger partial charge in [0, 0.05) is 93.6 Å². The minimum atomic E-state index is -0.883. The van der Waals surface area contributed by atoms with Gasteiger partial charge in [0.2, 0.25) is 0 Å². The van der Waals surface area contributed by atoms with Gasteiger partial charge in [-0.05, 0) is 181 Å². The Morgan fingerprint density at radius 3 is 1.44 bits per heavy atom. The number of amides is 1. The highest BCUT2D eigenvalue weighted by atomic mass is 32.1. The van der Waals surface area contributed by atoms with Gasteiger partial charge in [-0.25, -0.2) is 50.2 Å². The first kappa shape index (κ1) is 67.6. The van der Waals surface area contributed by atoms with Crippen molar-refractivity contribution in [2.24, 2.45) is 5.73 Å². The molecular weight excluding hydrogens is 1360 g/mol. The third-order valence-electron chi connectivity index (χ3n) is 17.3. The van der Waals surface area contributed by atoms with E-state index in [2.05, 4.69) is 45.3 Å². The molecule has 1 saturated carbocycles. The Hall–Kier alpha value is -11.6. The third kappa shape index (κ3) is 14.7. The molecule has 9 heterocycles. The molecule has 2 atom stereocenters. The molecule has 0 spiro atoms. The fraction of sp³-hybridized carbons (Fsp3) is 0.0875. The number of aromatic nitrogens is 9. The van der Waals surface area contributed by atoms with Crippen LogP contribution in [0.1, 0.15) is 41.6 Å². The Bertz CT molecular complexity index is 5740. The SMILES string of the molecule is Cc1cc(-c2ncccc2-c2ccn3ncc(C(=O)N[C@@H]4CCCC[C@H]4N)c3c2)ccc1F.Fc1cc(F)cc(-c2ncccc2-c2ccc3ncsc3c2)c1.Fc1ccc(-c2ncccc2-c2ccc3ncsc3c2)cc1F.Fc1cccc(-c2ncccc2-c2ccc3ncsc3c2)c1F. The summed E-state index contributed by atoms with van der Waals surface area (Å²) in [5.41, 5.74) is 27.5. The molecular formula is C80H56F7N11OS3. The molecule has 0 aliphatic heterocycles. The number of nitrogens with one attached hydrogen (secondary N) is 1. The van der Waals surface area contributed by atoms with Crippen molar-refractivity contribution in [2.45, 2.75) is 44.7 Å². The Labute approximate surface area is 591 Å². The van der Waals surface area contributed by atoms with Crippen LogP contribution >= 0.6 is 34.0 Å². The first-order valence-electron chi connectivity index (χ1n) is 32.2. The largest absolute Gasteiger partial charge is 0.348 e. The second kappa shape index (κ2) is 30.1. The number of thiazole rings is 3. The van der Waals surface area contributed by atoms with Crippen LogP contribution in [0.4, 0.5) is 30.7 Å². The molecule has 102 heavy (non-hydrogen) atoms. The van der Waals surface area contributed by atoms with Gasteiger partial charge in [-0.2, -0.15) is 5.10 Å². The van der Waals surface area contributed by atoms with Crippen LogP contribution in [-0.4, -0.2) is 62.5 Å². The van der Waals surface area contributed by atoms with Crippen molar-refractivity contribution < 1.29 is 35.5 Å². The van der Waals surface area contributed by atoms with E-state index in [1.54, 1.807) is 99.8 Å². The summed E-state index contributed by atoms with van der Waals surface area (Å²) >= 11 is 4.65. The monoisotopic (exact) mass is 1420 g/mol. The van der Waals surface area contributed by atoms with Crippen molar-refractivity contribution in [3.8, 4) is 89.5 Å². The fourth-order valence-corrected chi connectivity index (χ4v) is 14.4. The van der Waals surface area contributed by atoms with E-state index in [0.717, 1.165) is 130 Å². The lowest BCUT2D eigenvalue weighted by molar-refractivity contribution is 0.0923. The van der Waals surface area contributed by atoms with Gasteiger partial charge in [-0.3, -0.25) is 24.7 Å². The fourth-order valence-electron chi connectivity index (χ4n) is 12.2. The summed E-state index contributed by atoms with van der Waals surface area (Å²) in [6, 6.07) is 52.8. The topological polar surface area (TPSA) is 163 Å². The van der Waals surface area contributed by atoms with Crippen LogP contribution in [0.25, 0.3) is 126 Å². The summed E-state index contributed by atoms with van der Waals surface area (Å²) in [6.45, 7) is 1.74. The normalized spacial score (nSPS) is 13.4. The van der Waals surface area contributed by atoms with Gasteiger partial charge in [0.05, 0.1) is 87.2 Å². The highest BCUT2D eigenvalue weighted by Crippen LogP contribution is 2.39. The first-order valence-corrected chi connectivity index (χ1v) is 34.8. The van der Waals surface area contributed by atoms with Gasteiger partial charge in [0.1, 0.15) is 17.5 Å². The van der Waals surface area contributed by atoms with Gasteiger partial charge < -0.3 is 11.1 Å². The molecule has 9 aromatic heterocycles. The molecule has 3 N–H and O–H groups in total. The van der Waals surface area contributed by atoms with E-state index in [1.807, 2.05) is 115 Å². The minimum Gasteiger partial charge on any atom is -0.348 e. The van der Waals surface area contributed by atoms with E-state index >= 15 is 0 Å². The summed E-state index contributed by atoms with van der Waals surface area (Å²) in [4.78, 5) is 43.4. The molecule has 22 heteroatoms. The molecule has 0 unspecified atom stereocenters. The van der Waals surface area contributed by atoms with Crippen LogP contribution in [-0.2, 0) is 0 Å². The van der Waals surface area contributed by atoms with Crippen molar-refractivity contribution in [1.82, 2.24) is 49.8 Å². The number of halogens is 7. The van der Waals surface area contributed by atoms with Crippen molar-refractivity contribution in [1.29, 1.82) is 0 Å². The molecule has 1 aliphatic rings. The quantitative estimate of drug-likeness (QED) is 0.126. The molecule has 17 rings (SSSR count). The molecule has 16 aromatic rings. The molecule has 1 fully saturated rings. The maximum Gasteiger partial charge on any atom is 0.255 e. The predicted octanol–water partition coefficient (Wildman–Crippen LogP) is 20.4. The van der Waals surface area contributed by atoms with Gasteiger partial charge >= 0.3 is 0 Å². The summed E-state index contributed by atoms with van der Waals surface area (Å²) in [5.74, 6) is -5.14. The summed E-state index contributed by atoms with van der Waals surface area (Å²) in [6.07, 6.45) is 14.0. The molecule has 1 aliphatic carbocycles. The lowest BCUT2D eigenvalue weighted by atomic mass is 9.91. The molecule has 1 amide bonds. The highest BCUT2D eigenvalue weighted by Gasteiger charge is 2.26. The number of rotatable bonds is 10. The maximum atomic E-state index is 14.2. The van der Waals surface area contributed by atoms with Gasteiger partial charge in [-0.1, -0.05) is 61.4 Å². The van der Waals surface area contributed by atoms with Crippen molar-refractivity contribution >= 4 is 76.1 Å². The molecule has 504 valence electrons. The average Bonchev–Trinajstić information content (AvgIpc) is 1.49.